The molecule has 0 aromatic heterocycles. The van der Waals surface area contributed by atoms with E-state index in [9.17, 15) is 13.8 Å². The van der Waals surface area contributed by atoms with E-state index in [2.05, 4.69) is 24.3 Å². The van der Waals surface area contributed by atoms with Gasteiger partial charge in [0.2, 0.25) is 0 Å². The van der Waals surface area contributed by atoms with Crippen molar-refractivity contribution in [3.63, 3.8) is 0 Å². The van der Waals surface area contributed by atoms with Crippen LogP contribution in [0, 0.1) is 13.8 Å². The van der Waals surface area contributed by atoms with Crippen molar-refractivity contribution in [3.05, 3.63) is 124 Å². The van der Waals surface area contributed by atoms with Gasteiger partial charge in [0.15, 0.2) is 0 Å². The molecule has 5 nitrogen and oxygen atoms in total. The maximum atomic E-state index is 14.0. The zero-order valence-corrected chi connectivity index (χ0v) is 22.3. The molecule has 4 aromatic carbocycles. The monoisotopic (exact) mass is 520 g/mol. The maximum Gasteiger partial charge on any atom is 0.259 e. The molecule has 0 aliphatic carbocycles. The Morgan fingerprint density at radius 3 is 2.47 bits per heavy atom. The molecule has 2 aliphatic rings. The topological polar surface area (TPSA) is 57.7 Å². The molecule has 190 valence electrons. The Morgan fingerprint density at radius 1 is 0.868 bits per heavy atom. The fourth-order valence-corrected chi connectivity index (χ4v) is 6.69. The molecule has 2 aliphatic heterocycles. The van der Waals surface area contributed by atoms with Crippen LogP contribution in [0.15, 0.2) is 94.7 Å². The molecule has 1 atom stereocenters. The molecule has 0 N–H and O–H groups in total. The summed E-state index contributed by atoms with van der Waals surface area (Å²) < 4.78 is 13.7. The molecule has 38 heavy (non-hydrogen) atoms. The van der Waals surface area contributed by atoms with Crippen molar-refractivity contribution in [1.29, 1.82) is 0 Å². The van der Waals surface area contributed by atoms with E-state index < -0.39 is 10.8 Å². The van der Waals surface area contributed by atoms with Crippen LogP contribution in [0.25, 0.3) is 0 Å². The van der Waals surface area contributed by atoms with Gasteiger partial charge in [-0.3, -0.25) is 9.59 Å². The van der Waals surface area contributed by atoms with Crippen LogP contribution in [0.5, 0.6) is 0 Å². The minimum Gasteiger partial charge on any atom is -0.334 e. The molecule has 0 radical (unpaired) electrons. The van der Waals surface area contributed by atoms with Crippen LogP contribution in [-0.4, -0.2) is 27.5 Å². The molecule has 0 bridgehead atoms. The number of rotatable bonds is 3. The molecule has 2 amide bonds. The summed E-state index contributed by atoms with van der Waals surface area (Å²) in [6, 6.07) is 26.7. The largest absolute Gasteiger partial charge is 0.334 e. The van der Waals surface area contributed by atoms with Crippen molar-refractivity contribution in [1.82, 2.24) is 4.90 Å². The Labute approximate surface area is 225 Å². The molecule has 0 saturated carbocycles. The minimum absolute atomic E-state index is 0.0889. The predicted octanol–water partition coefficient (Wildman–Crippen LogP) is 5.83. The highest BCUT2D eigenvalue weighted by Gasteiger charge is 2.32. The van der Waals surface area contributed by atoms with E-state index in [0.29, 0.717) is 46.2 Å². The summed E-state index contributed by atoms with van der Waals surface area (Å²) in [7, 11) is -1.56. The van der Waals surface area contributed by atoms with Gasteiger partial charge >= 0.3 is 0 Å². The SMILES string of the molecule is Cc1ccc(C)c(CN2C(=O)c3ccccc3[S@](=O)c3ccc(C(=O)N4CCc5ccccc5C4)cc32)c1. The molecule has 6 heteroatoms. The van der Waals surface area contributed by atoms with E-state index in [1.165, 1.54) is 5.56 Å². The van der Waals surface area contributed by atoms with Crippen molar-refractivity contribution >= 4 is 28.3 Å². The molecule has 0 unspecified atom stereocenters. The summed E-state index contributed by atoms with van der Waals surface area (Å²) in [5.41, 5.74) is 7.06. The highest BCUT2D eigenvalue weighted by Crippen LogP contribution is 2.37. The van der Waals surface area contributed by atoms with E-state index in [4.69, 9.17) is 0 Å². The molecule has 0 spiro atoms. The predicted molar refractivity (Wildman–Crippen MR) is 149 cm³/mol. The van der Waals surface area contributed by atoms with Gasteiger partial charge in [0.25, 0.3) is 11.8 Å². The molecular weight excluding hydrogens is 492 g/mol. The summed E-state index contributed by atoms with van der Waals surface area (Å²) in [4.78, 5) is 32.2. The normalized spacial score (nSPS) is 16.4. The van der Waals surface area contributed by atoms with E-state index in [1.54, 1.807) is 47.4 Å². The number of hydrogen-bond donors (Lipinski definition) is 0. The number of aryl methyl sites for hydroxylation is 2. The van der Waals surface area contributed by atoms with Crippen LogP contribution in [0.3, 0.4) is 0 Å². The fourth-order valence-electron chi connectivity index (χ4n) is 5.35. The standard InChI is InChI=1S/C32H28N2O3S/c1-21-11-12-22(2)26(17-21)20-34-28-18-24(31(35)33-16-15-23-7-3-4-8-25(23)19-33)13-14-30(28)38(37)29-10-6-5-9-27(29)32(34)36/h3-14,17-18H,15-16,19-20H2,1-2H3/t38-/m0/s1. The Hall–Kier alpha value is -4.03. The van der Waals surface area contributed by atoms with Gasteiger partial charge in [-0.25, -0.2) is 4.21 Å². The number of fused-ring (bicyclic) bond motifs is 3. The van der Waals surface area contributed by atoms with Gasteiger partial charge in [-0.2, -0.15) is 0 Å². The van der Waals surface area contributed by atoms with Crippen LogP contribution in [-0.2, 0) is 30.3 Å². The Kier molecular flexibility index (Phi) is 6.20. The number of nitrogens with zero attached hydrogens (tertiary/aromatic N) is 2. The maximum absolute atomic E-state index is 14.0. The lowest BCUT2D eigenvalue weighted by Crippen LogP contribution is -2.36. The molecule has 2 heterocycles. The first-order chi connectivity index (χ1) is 18.4. The summed E-state index contributed by atoms with van der Waals surface area (Å²) in [6.45, 7) is 5.56. The number of carbonyl (C=O) groups excluding carboxylic acids is 2. The second-order valence-electron chi connectivity index (χ2n) is 10.0. The number of benzene rings is 4. The zero-order valence-electron chi connectivity index (χ0n) is 21.4. The van der Waals surface area contributed by atoms with Crippen LogP contribution in [0.4, 0.5) is 5.69 Å². The lowest BCUT2D eigenvalue weighted by Gasteiger charge is -2.29. The van der Waals surface area contributed by atoms with Gasteiger partial charge < -0.3 is 9.80 Å². The second-order valence-corrected chi connectivity index (χ2v) is 11.4. The number of hydrogen-bond acceptors (Lipinski definition) is 3. The number of amides is 2. The lowest BCUT2D eigenvalue weighted by atomic mass is 9.99. The zero-order chi connectivity index (χ0) is 26.4. The molecule has 0 fully saturated rings. The van der Waals surface area contributed by atoms with Gasteiger partial charge in [-0.05, 0) is 72.9 Å². The van der Waals surface area contributed by atoms with Crippen molar-refractivity contribution in [2.24, 2.45) is 0 Å². The van der Waals surface area contributed by atoms with Crippen LogP contribution >= 0.6 is 0 Å². The summed E-state index contributed by atoms with van der Waals surface area (Å²) in [5.74, 6) is -0.306. The van der Waals surface area contributed by atoms with Crippen LogP contribution in [0.2, 0.25) is 0 Å². The third-order valence-corrected chi connectivity index (χ3v) is 9.01. The smallest absolute Gasteiger partial charge is 0.259 e. The highest BCUT2D eigenvalue weighted by molar-refractivity contribution is 7.85. The fraction of sp³-hybridized carbons (Fsp3) is 0.188. The van der Waals surface area contributed by atoms with Crippen molar-refractivity contribution in [2.45, 2.75) is 43.1 Å². The summed E-state index contributed by atoms with van der Waals surface area (Å²) >= 11 is 0. The Bertz CT molecular complexity index is 1630. The minimum atomic E-state index is -1.56. The first-order valence-electron chi connectivity index (χ1n) is 12.8. The quantitative estimate of drug-likeness (QED) is 0.342. The van der Waals surface area contributed by atoms with Crippen LogP contribution in [0.1, 0.15) is 48.5 Å². The first-order valence-corrected chi connectivity index (χ1v) is 13.9. The number of anilines is 1. The summed E-state index contributed by atoms with van der Waals surface area (Å²) in [5, 5.41) is 0. The van der Waals surface area contributed by atoms with Crippen molar-refractivity contribution in [2.75, 3.05) is 11.4 Å². The Morgan fingerprint density at radius 2 is 1.63 bits per heavy atom. The molecule has 0 saturated heterocycles. The lowest BCUT2D eigenvalue weighted by molar-refractivity contribution is 0.0734. The third kappa shape index (κ3) is 4.25. The van der Waals surface area contributed by atoms with Crippen molar-refractivity contribution in [3.8, 4) is 0 Å². The molecular formula is C32H28N2O3S. The highest BCUT2D eigenvalue weighted by atomic mass is 32.2. The Balaban J connectivity index is 1.44. The first kappa shape index (κ1) is 24.3. The number of carbonyl (C=O) groups is 2. The molecule has 6 rings (SSSR count). The van der Waals surface area contributed by atoms with Gasteiger partial charge in [0.1, 0.15) is 0 Å². The van der Waals surface area contributed by atoms with Gasteiger partial charge in [-0.1, -0.05) is 60.2 Å². The second kappa shape index (κ2) is 9.69. The van der Waals surface area contributed by atoms with Gasteiger partial charge in [0, 0.05) is 18.7 Å². The van der Waals surface area contributed by atoms with E-state index in [1.807, 2.05) is 36.9 Å². The average molecular weight is 521 g/mol. The van der Waals surface area contributed by atoms with Crippen LogP contribution < -0.4 is 4.90 Å². The van der Waals surface area contributed by atoms with E-state index >= 15 is 0 Å². The van der Waals surface area contributed by atoms with E-state index in [-0.39, 0.29) is 11.8 Å². The third-order valence-electron chi connectivity index (χ3n) is 7.51. The van der Waals surface area contributed by atoms with Gasteiger partial charge in [0.05, 0.1) is 38.4 Å². The van der Waals surface area contributed by atoms with E-state index in [0.717, 1.165) is 28.7 Å². The molecule has 4 aromatic rings. The average Bonchev–Trinajstić information content (AvgIpc) is 3.03. The van der Waals surface area contributed by atoms with Gasteiger partial charge in [-0.15, -0.1) is 0 Å². The summed E-state index contributed by atoms with van der Waals surface area (Å²) in [6.07, 6.45) is 0.809. The van der Waals surface area contributed by atoms with Crippen molar-refractivity contribution < 1.29 is 13.8 Å².